The highest BCUT2D eigenvalue weighted by molar-refractivity contribution is 7.14. The van der Waals surface area contributed by atoms with Crippen LogP contribution in [-0.4, -0.2) is 35.4 Å². The lowest BCUT2D eigenvalue weighted by molar-refractivity contribution is -0.137. The van der Waals surface area contributed by atoms with Crippen LogP contribution in [0.3, 0.4) is 0 Å². The van der Waals surface area contributed by atoms with Crippen molar-refractivity contribution in [2.24, 2.45) is 0 Å². The molecule has 9 heteroatoms. The molecule has 0 saturated carbocycles. The summed E-state index contributed by atoms with van der Waals surface area (Å²) in [7, 11) is 1.56. The fraction of sp³-hybridized carbons (Fsp3) is 0.353. The highest BCUT2D eigenvalue weighted by Gasteiger charge is 2.33. The summed E-state index contributed by atoms with van der Waals surface area (Å²) < 4.78 is 38.6. The van der Waals surface area contributed by atoms with Gasteiger partial charge in [0.05, 0.1) is 11.3 Å². The van der Waals surface area contributed by atoms with E-state index in [0.29, 0.717) is 29.4 Å². The Balaban J connectivity index is 1.82. The lowest BCUT2D eigenvalue weighted by Crippen LogP contribution is -2.42. The lowest BCUT2D eigenvalue weighted by atomic mass is 10.1. The predicted molar refractivity (Wildman–Crippen MR) is 91.3 cm³/mol. The Morgan fingerprint density at radius 1 is 1.46 bits per heavy atom. The second-order valence-corrected chi connectivity index (χ2v) is 6.78. The van der Waals surface area contributed by atoms with Gasteiger partial charge in [-0.15, -0.1) is 11.3 Å². The van der Waals surface area contributed by atoms with Crippen LogP contribution in [0.1, 0.15) is 18.4 Å². The first-order valence-corrected chi connectivity index (χ1v) is 8.76. The third-order valence-electron chi connectivity index (χ3n) is 4.26. The van der Waals surface area contributed by atoms with Gasteiger partial charge in [0.2, 0.25) is 0 Å². The number of carbonyl (C=O) groups is 1. The van der Waals surface area contributed by atoms with Gasteiger partial charge in [-0.25, -0.2) is 4.98 Å². The zero-order valence-corrected chi connectivity index (χ0v) is 14.6. The minimum absolute atomic E-state index is 0.242. The van der Waals surface area contributed by atoms with Crippen molar-refractivity contribution in [2.45, 2.75) is 25.1 Å². The molecule has 5 nitrogen and oxygen atoms in total. The standard InChI is InChI=1S/C17H15F3N4OS/c1-23(15(25)14-6-3-7-24(14)10-21)16-22-13(9-26-16)11-4-2-5-12(8-11)17(18,19)20/h2,4-5,8-9,14H,3,6-7H2,1H3. The molecule has 2 aromatic rings. The van der Waals surface area contributed by atoms with Crippen molar-refractivity contribution in [1.29, 1.82) is 5.26 Å². The van der Waals surface area contributed by atoms with E-state index in [0.717, 1.165) is 18.6 Å². The zero-order chi connectivity index (χ0) is 18.9. The molecular formula is C17H15F3N4OS. The van der Waals surface area contributed by atoms with E-state index in [9.17, 15) is 18.0 Å². The first-order chi connectivity index (χ1) is 12.3. The van der Waals surface area contributed by atoms with Gasteiger partial charge in [-0.05, 0) is 25.0 Å². The maximum absolute atomic E-state index is 12.9. The number of rotatable bonds is 3. The summed E-state index contributed by atoms with van der Waals surface area (Å²) in [4.78, 5) is 19.7. The number of halogens is 3. The quantitative estimate of drug-likeness (QED) is 0.761. The number of anilines is 1. The van der Waals surface area contributed by atoms with Gasteiger partial charge in [-0.2, -0.15) is 18.4 Å². The molecule has 1 atom stereocenters. The van der Waals surface area contributed by atoms with E-state index in [-0.39, 0.29) is 5.91 Å². The average Bonchev–Trinajstić information content (AvgIpc) is 3.29. The molecule has 136 valence electrons. The largest absolute Gasteiger partial charge is 0.416 e. The number of alkyl halides is 3. The van der Waals surface area contributed by atoms with Crippen molar-refractivity contribution in [2.75, 3.05) is 18.5 Å². The zero-order valence-electron chi connectivity index (χ0n) is 13.8. The van der Waals surface area contributed by atoms with Gasteiger partial charge in [0, 0.05) is 24.5 Å². The number of likely N-dealkylation sites (tertiary alicyclic amines) is 1. The lowest BCUT2D eigenvalue weighted by Gasteiger charge is -2.22. The van der Waals surface area contributed by atoms with E-state index in [4.69, 9.17) is 5.26 Å². The van der Waals surface area contributed by atoms with Gasteiger partial charge in [-0.3, -0.25) is 14.6 Å². The van der Waals surface area contributed by atoms with Crippen LogP contribution in [0.4, 0.5) is 18.3 Å². The van der Waals surface area contributed by atoms with Gasteiger partial charge in [0.25, 0.3) is 5.91 Å². The third-order valence-corrected chi connectivity index (χ3v) is 5.18. The Labute approximate surface area is 152 Å². The van der Waals surface area contributed by atoms with Crippen LogP contribution in [0.5, 0.6) is 0 Å². The van der Waals surface area contributed by atoms with Gasteiger partial charge < -0.3 is 0 Å². The second-order valence-electron chi connectivity index (χ2n) is 5.94. The van der Waals surface area contributed by atoms with E-state index in [1.807, 2.05) is 6.19 Å². The minimum atomic E-state index is -4.43. The Morgan fingerprint density at radius 3 is 2.92 bits per heavy atom. The smallest absolute Gasteiger partial charge is 0.298 e. The van der Waals surface area contributed by atoms with Crippen molar-refractivity contribution in [1.82, 2.24) is 9.88 Å². The number of likely N-dealkylation sites (N-methyl/N-ethyl adjacent to an activating group) is 1. The molecule has 1 aliphatic heterocycles. The predicted octanol–water partition coefficient (Wildman–Crippen LogP) is 3.74. The monoisotopic (exact) mass is 380 g/mol. The van der Waals surface area contributed by atoms with Crippen LogP contribution in [0.2, 0.25) is 0 Å². The highest BCUT2D eigenvalue weighted by atomic mass is 32.1. The molecule has 2 heterocycles. The summed E-state index contributed by atoms with van der Waals surface area (Å²) >= 11 is 1.17. The maximum Gasteiger partial charge on any atom is 0.416 e. The number of amides is 1. The number of benzene rings is 1. The van der Waals surface area contributed by atoms with E-state index >= 15 is 0 Å². The van der Waals surface area contributed by atoms with Crippen LogP contribution in [0.15, 0.2) is 29.6 Å². The second kappa shape index (κ2) is 6.96. The van der Waals surface area contributed by atoms with E-state index in [2.05, 4.69) is 4.98 Å². The molecule has 26 heavy (non-hydrogen) atoms. The number of aromatic nitrogens is 1. The number of nitriles is 1. The maximum atomic E-state index is 12.9. The SMILES string of the molecule is CN(C(=O)C1CCCN1C#N)c1nc(-c2cccc(C(F)(F)F)c2)cs1. The van der Waals surface area contributed by atoms with Gasteiger partial charge in [-0.1, -0.05) is 12.1 Å². The highest BCUT2D eigenvalue weighted by Crippen LogP contribution is 2.34. The first kappa shape index (κ1) is 18.2. The summed E-state index contributed by atoms with van der Waals surface area (Å²) in [5.41, 5.74) is -0.0356. The molecule has 1 fully saturated rings. The van der Waals surface area contributed by atoms with Crippen molar-refractivity contribution in [3.8, 4) is 17.5 Å². The minimum Gasteiger partial charge on any atom is -0.298 e. The molecule has 0 bridgehead atoms. The van der Waals surface area contributed by atoms with Crippen LogP contribution in [0, 0.1) is 11.5 Å². The Kier molecular flexibility index (Phi) is 4.87. The van der Waals surface area contributed by atoms with Gasteiger partial charge >= 0.3 is 6.18 Å². The molecule has 0 spiro atoms. The van der Waals surface area contributed by atoms with Crippen LogP contribution < -0.4 is 4.90 Å². The summed E-state index contributed by atoms with van der Waals surface area (Å²) in [6.07, 6.45) is -1.04. The summed E-state index contributed by atoms with van der Waals surface area (Å²) in [6, 6.07) is 4.41. The number of thiazole rings is 1. The molecule has 0 radical (unpaired) electrons. The fourth-order valence-corrected chi connectivity index (χ4v) is 3.67. The normalized spacial score (nSPS) is 17.2. The molecule has 3 rings (SSSR count). The number of hydrogen-bond donors (Lipinski definition) is 0. The summed E-state index contributed by atoms with van der Waals surface area (Å²) in [5.74, 6) is -0.242. The molecule has 0 N–H and O–H groups in total. The van der Waals surface area contributed by atoms with Crippen molar-refractivity contribution >= 4 is 22.4 Å². The fourth-order valence-electron chi connectivity index (χ4n) is 2.87. The first-order valence-electron chi connectivity index (χ1n) is 7.88. The molecule has 0 aliphatic carbocycles. The molecule has 1 amide bonds. The Hall–Kier alpha value is -2.60. The number of nitrogens with zero attached hydrogens (tertiary/aromatic N) is 4. The topological polar surface area (TPSA) is 60.2 Å². The molecule has 1 aliphatic rings. The van der Waals surface area contributed by atoms with Gasteiger partial charge in [0.1, 0.15) is 6.04 Å². The summed E-state index contributed by atoms with van der Waals surface area (Å²) in [5, 5.41) is 11.1. The average molecular weight is 380 g/mol. The van der Waals surface area contributed by atoms with Crippen molar-refractivity contribution in [3.63, 3.8) is 0 Å². The molecule has 1 aromatic carbocycles. The molecule has 1 unspecified atom stereocenters. The van der Waals surface area contributed by atoms with Crippen LogP contribution in [0.25, 0.3) is 11.3 Å². The van der Waals surface area contributed by atoms with E-state index < -0.39 is 17.8 Å². The summed E-state index contributed by atoms with van der Waals surface area (Å²) in [6.45, 7) is 0.550. The number of carbonyl (C=O) groups excluding carboxylic acids is 1. The van der Waals surface area contributed by atoms with Crippen LogP contribution >= 0.6 is 11.3 Å². The molecular weight excluding hydrogens is 365 g/mol. The van der Waals surface area contributed by atoms with Crippen molar-refractivity contribution < 1.29 is 18.0 Å². The Morgan fingerprint density at radius 2 is 2.23 bits per heavy atom. The van der Waals surface area contributed by atoms with E-state index in [1.165, 1.54) is 27.2 Å². The van der Waals surface area contributed by atoms with E-state index in [1.54, 1.807) is 18.5 Å². The third kappa shape index (κ3) is 3.51. The Bertz CT molecular complexity index is 858. The van der Waals surface area contributed by atoms with Crippen LogP contribution in [-0.2, 0) is 11.0 Å². The van der Waals surface area contributed by atoms with Gasteiger partial charge in [0.15, 0.2) is 11.3 Å². The molecule has 1 aromatic heterocycles. The number of hydrogen-bond acceptors (Lipinski definition) is 5. The molecule has 1 saturated heterocycles. The van der Waals surface area contributed by atoms with Crippen molar-refractivity contribution in [3.05, 3.63) is 35.2 Å².